The second kappa shape index (κ2) is 9.15. The summed E-state index contributed by atoms with van der Waals surface area (Å²) < 4.78 is 8.33. The van der Waals surface area contributed by atoms with Crippen molar-refractivity contribution < 1.29 is 14.3 Å². The molecule has 10 heteroatoms. The van der Waals surface area contributed by atoms with E-state index in [2.05, 4.69) is 20.5 Å². The number of anilines is 1. The number of aromatic nitrogens is 5. The molecule has 0 unspecified atom stereocenters. The van der Waals surface area contributed by atoms with Crippen LogP contribution in [0.25, 0.3) is 16.2 Å². The van der Waals surface area contributed by atoms with Gasteiger partial charge < -0.3 is 10.1 Å². The van der Waals surface area contributed by atoms with Crippen LogP contribution in [0.2, 0.25) is 0 Å². The van der Waals surface area contributed by atoms with Crippen LogP contribution in [0.15, 0.2) is 60.2 Å². The first-order chi connectivity index (χ1) is 17.0. The minimum absolute atomic E-state index is 0.323. The smallest absolute Gasteiger partial charge is 0.338 e. The van der Waals surface area contributed by atoms with Crippen molar-refractivity contribution in [3.05, 3.63) is 88.3 Å². The molecule has 0 fully saturated rings. The number of nitrogens with one attached hydrogen (secondary N) is 1. The fourth-order valence-corrected chi connectivity index (χ4v) is 4.74. The minimum Gasteiger partial charge on any atom is -0.465 e. The van der Waals surface area contributed by atoms with E-state index in [4.69, 9.17) is 4.74 Å². The Morgan fingerprint density at radius 2 is 1.91 bits per heavy atom. The molecule has 0 saturated carbocycles. The molecule has 176 valence electrons. The van der Waals surface area contributed by atoms with Crippen LogP contribution in [0.3, 0.4) is 0 Å². The number of hydrogen-bond acceptors (Lipinski definition) is 7. The number of nitrogens with zero attached hydrogens (tertiary/aromatic N) is 5. The van der Waals surface area contributed by atoms with Gasteiger partial charge in [-0.25, -0.2) is 14.3 Å². The van der Waals surface area contributed by atoms with E-state index in [9.17, 15) is 9.59 Å². The van der Waals surface area contributed by atoms with E-state index < -0.39 is 5.97 Å². The summed E-state index contributed by atoms with van der Waals surface area (Å²) in [6.45, 7) is 4.06. The monoisotopic (exact) mass is 486 g/mol. The molecule has 1 amide bonds. The molecule has 1 N–H and O–H groups in total. The molecular formula is C25H22N6O3S. The summed E-state index contributed by atoms with van der Waals surface area (Å²) >= 11 is 1.59. The fourth-order valence-electron chi connectivity index (χ4n) is 4.00. The quantitative estimate of drug-likeness (QED) is 0.358. The van der Waals surface area contributed by atoms with E-state index in [-0.39, 0.29) is 5.91 Å². The highest BCUT2D eigenvalue weighted by Crippen LogP contribution is 2.26. The summed E-state index contributed by atoms with van der Waals surface area (Å²) in [4.78, 5) is 30.8. The molecule has 0 atom stereocenters. The van der Waals surface area contributed by atoms with Gasteiger partial charge in [0.2, 0.25) is 0 Å². The van der Waals surface area contributed by atoms with Gasteiger partial charge in [0, 0.05) is 6.20 Å². The number of carbonyl (C=O) groups is 2. The lowest BCUT2D eigenvalue weighted by molar-refractivity contribution is 0.0599. The van der Waals surface area contributed by atoms with E-state index in [0.717, 1.165) is 21.8 Å². The Balaban J connectivity index is 1.43. The molecule has 0 aliphatic carbocycles. The number of amides is 1. The number of rotatable bonds is 6. The zero-order valence-corrected chi connectivity index (χ0v) is 20.2. The average molecular weight is 487 g/mol. The van der Waals surface area contributed by atoms with E-state index in [1.807, 2.05) is 49.6 Å². The first kappa shape index (κ1) is 22.5. The highest BCUT2D eigenvalue weighted by Gasteiger charge is 2.21. The summed E-state index contributed by atoms with van der Waals surface area (Å²) in [6, 6.07) is 13.1. The highest BCUT2D eigenvalue weighted by atomic mass is 32.1. The summed E-state index contributed by atoms with van der Waals surface area (Å²) in [5.41, 5.74) is 5.00. The molecule has 9 nitrogen and oxygen atoms in total. The Hall–Kier alpha value is -4.31. The van der Waals surface area contributed by atoms with Gasteiger partial charge in [-0.05, 0) is 43.0 Å². The van der Waals surface area contributed by atoms with Gasteiger partial charge in [-0.3, -0.25) is 9.48 Å². The number of benzene rings is 1. The van der Waals surface area contributed by atoms with Gasteiger partial charge in [0.15, 0.2) is 5.65 Å². The van der Waals surface area contributed by atoms with Gasteiger partial charge in [-0.2, -0.15) is 10.2 Å². The fraction of sp³-hybridized carbons (Fsp3) is 0.160. The van der Waals surface area contributed by atoms with Crippen molar-refractivity contribution >= 4 is 34.5 Å². The minimum atomic E-state index is -0.404. The Labute approximate surface area is 205 Å². The maximum Gasteiger partial charge on any atom is 0.338 e. The third-order valence-electron chi connectivity index (χ3n) is 5.78. The lowest BCUT2D eigenvalue weighted by atomic mass is 10.1. The summed E-state index contributed by atoms with van der Waals surface area (Å²) in [6.07, 6.45) is 3.20. The largest absolute Gasteiger partial charge is 0.465 e. The number of aryl methyl sites for hydroxylation is 1. The van der Waals surface area contributed by atoms with Crippen LogP contribution in [0, 0.1) is 13.8 Å². The number of carbonyl (C=O) groups excluding carboxylic acids is 2. The Bertz CT molecular complexity index is 1550. The Morgan fingerprint density at radius 1 is 1.09 bits per heavy atom. The molecular weight excluding hydrogens is 464 g/mol. The maximum absolute atomic E-state index is 13.2. The molecule has 0 aliphatic heterocycles. The molecule has 0 radical (unpaired) electrons. The van der Waals surface area contributed by atoms with Crippen molar-refractivity contribution in [2.45, 2.75) is 20.4 Å². The van der Waals surface area contributed by atoms with E-state index in [1.54, 1.807) is 38.9 Å². The number of methoxy groups -OCH3 is 1. The van der Waals surface area contributed by atoms with Crippen LogP contribution in [0.5, 0.6) is 0 Å². The predicted molar refractivity (Wildman–Crippen MR) is 133 cm³/mol. The van der Waals surface area contributed by atoms with Gasteiger partial charge >= 0.3 is 5.97 Å². The summed E-state index contributed by atoms with van der Waals surface area (Å²) in [5, 5.41) is 14.0. The zero-order valence-electron chi connectivity index (χ0n) is 19.3. The second-order valence-electron chi connectivity index (χ2n) is 7.91. The van der Waals surface area contributed by atoms with Crippen LogP contribution in [0.4, 0.5) is 5.69 Å². The molecule has 4 aromatic heterocycles. The van der Waals surface area contributed by atoms with E-state index in [1.165, 1.54) is 13.3 Å². The first-order valence-electron chi connectivity index (χ1n) is 10.9. The molecule has 0 bridgehead atoms. The Kier molecular flexibility index (Phi) is 5.87. The number of thiophene rings is 1. The molecule has 1 aromatic carbocycles. The lowest BCUT2D eigenvalue weighted by Crippen LogP contribution is -2.14. The highest BCUT2D eigenvalue weighted by molar-refractivity contribution is 7.13. The number of esters is 1. The van der Waals surface area contributed by atoms with Gasteiger partial charge in [0.1, 0.15) is 5.56 Å². The first-order valence-corrected chi connectivity index (χ1v) is 11.7. The SMILES string of the molecule is COC(=O)c1ccccc1Cn1nc(C)c(NC(=O)c2cnn3c(-c4cccs4)ccnc23)c1C. The average Bonchev–Trinajstić information content (AvgIpc) is 3.61. The molecule has 0 spiro atoms. The third-order valence-corrected chi connectivity index (χ3v) is 6.67. The van der Waals surface area contributed by atoms with Gasteiger partial charge in [0.05, 0.1) is 53.1 Å². The normalized spacial score (nSPS) is 11.1. The summed E-state index contributed by atoms with van der Waals surface area (Å²) in [5.74, 6) is -0.727. The molecule has 35 heavy (non-hydrogen) atoms. The summed E-state index contributed by atoms with van der Waals surface area (Å²) in [7, 11) is 1.36. The lowest BCUT2D eigenvalue weighted by Gasteiger charge is -2.10. The van der Waals surface area contributed by atoms with Gasteiger partial charge in [-0.15, -0.1) is 11.3 Å². The molecule has 4 heterocycles. The van der Waals surface area contributed by atoms with Crippen molar-refractivity contribution in [1.29, 1.82) is 0 Å². The van der Waals surface area contributed by atoms with Gasteiger partial charge in [-0.1, -0.05) is 24.3 Å². The van der Waals surface area contributed by atoms with Crippen LogP contribution in [0.1, 0.15) is 37.7 Å². The standard InChI is InChI=1S/C25H22N6O3S/c1-15-22(16(2)30(29-15)14-17-7-4-5-8-18(17)25(33)34-3)28-24(32)19-13-27-31-20(10-11-26-23(19)31)21-9-6-12-35-21/h4-13H,14H2,1-3H3,(H,28,32). The van der Waals surface area contributed by atoms with E-state index >= 15 is 0 Å². The van der Waals surface area contributed by atoms with Crippen molar-refractivity contribution in [2.24, 2.45) is 0 Å². The number of hydrogen-bond donors (Lipinski definition) is 1. The van der Waals surface area contributed by atoms with Crippen LogP contribution >= 0.6 is 11.3 Å². The van der Waals surface area contributed by atoms with E-state index in [0.29, 0.717) is 34.7 Å². The van der Waals surface area contributed by atoms with Crippen molar-refractivity contribution in [1.82, 2.24) is 24.4 Å². The predicted octanol–water partition coefficient (Wildman–Crippen LogP) is 4.36. The zero-order chi connectivity index (χ0) is 24.5. The third kappa shape index (κ3) is 4.08. The van der Waals surface area contributed by atoms with Gasteiger partial charge in [0.25, 0.3) is 5.91 Å². The maximum atomic E-state index is 13.2. The number of fused-ring (bicyclic) bond motifs is 1. The second-order valence-corrected chi connectivity index (χ2v) is 8.86. The molecule has 0 aliphatic rings. The van der Waals surface area contributed by atoms with Crippen LogP contribution < -0.4 is 5.32 Å². The topological polar surface area (TPSA) is 103 Å². The van der Waals surface area contributed by atoms with Crippen molar-refractivity contribution in [3.8, 4) is 10.6 Å². The molecule has 5 aromatic rings. The van der Waals surface area contributed by atoms with Crippen molar-refractivity contribution in [2.75, 3.05) is 12.4 Å². The van der Waals surface area contributed by atoms with Crippen LogP contribution in [-0.2, 0) is 11.3 Å². The molecule has 5 rings (SSSR count). The number of ether oxygens (including phenoxy) is 1. The Morgan fingerprint density at radius 3 is 2.69 bits per heavy atom. The van der Waals surface area contributed by atoms with Crippen molar-refractivity contribution in [3.63, 3.8) is 0 Å². The van der Waals surface area contributed by atoms with Crippen LogP contribution in [-0.4, -0.2) is 43.4 Å². The molecule has 0 saturated heterocycles.